The maximum Gasteiger partial charge on any atom is 0.298 e. The van der Waals surface area contributed by atoms with E-state index in [1.807, 2.05) is 50.2 Å². The highest BCUT2D eigenvalue weighted by atomic mass is 32.5. The van der Waals surface area contributed by atoms with Crippen molar-refractivity contribution in [1.29, 1.82) is 0 Å². The molecule has 3 aromatic carbocycles. The number of aliphatic imine (C=N–C) groups is 1. The van der Waals surface area contributed by atoms with Crippen molar-refractivity contribution in [2.24, 2.45) is 4.99 Å². The van der Waals surface area contributed by atoms with Gasteiger partial charge in [-0.1, -0.05) is 60.7 Å². The van der Waals surface area contributed by atoms with E-state index >= 15 is 0 Å². The largest absolute Gasteiger partial charge is 0.425 e. The van der Waals surface area contributed by atoms with Gasteiger partial charge in [0.25, 0.3) is 12.7 Å². The van der Waals surface area contributed by atoms with Crippen LogP contribution in [0.25, 0.3) is 10.8 Å². The second kappa shape index (κ2) is 8.64. The van der Waals surface area contributed by atoms with Gasteiger partial charge in [-0.2, -0.15) is 0 Å². The Bertz CT molecular complexity index is 1080. The Balaban J connectivity index is 1.81. The standard InChI is InChI=1S/C22H23N2O3PS/c1-3-25-28(29,26-4-2)24-22-23-21(17-11-6-5-7-12-17)20-18-13-9-8-10-16(18)14-15-19(20)27-22/h5-15,21H,3-4H2,1-2H3,(H,23,24,29). The summed E-state index contributed by atoms with van der Waals surface area (Å²) in [5.74, 6) is 0.754. The van der Waals surface area contributed by atoms with Gasteiger partial charge in [0.15, 0.2) is 0 Å². The Labute approximate surface area is 175 Å². The van der Waals surface area contributed by atoms with Gasteiger partial charge in [-0.3, -0.25) is 5.09 Å². The molecule has 0 spiro atoms. The number of benzene rings is 3. The van der Waals surface area contributed by atoms with Crippen molar-refractivity contribution in [3.8, 4) is 5.75 Å². The summed E-state index contributed by atoms with van der Waals surface area (Å²) >= 11 is 5.61. The minimum absolute atomic E-state index is 0.222. The maximum atomic E-state index is 6.12. The summed E-state index contributed by atoms with van der Waals surface area (Å²) in [5.41, 5.74) is 2.12. The first-order valence-corrected chi connectivity index (χ1v) is 12.3. The lowest BCUT2D eigenvalue weighted by atomic mass is 9.92. The highest BCUT2D eigenvalue weighted by Crippen LogP contribution is 2.46. The Morgan fingerprint density at radius 3 is 2.38 bits per heavy atom. The molecule has 0 amide bonds. The number of hydrogen-bond donors (Lipinski definition) is 1. The van der Waals surface area contributed by atoms with Crippen molar-refractivity contribution in [2.45, 2.75) is 19.9 Å². The van der Waals surface area contributed by atoms with Crippen LogP contribution in [0.4, 0.5) is 0 Å². The predicted molar refractivity (Wildman–Crippen MR) is 121 cm³/mol. The monoisotopic (exact) mass is 426 g/mol. The first-order valence-electron chi connectivity index (χ1n) is 9.63. The highest BCUT2D eigenvalue weighted by Gasteiger charge is 2.30. The Hall–Kier alpha value is -2.24. The van der Waals surface area contributed by atoms with Gasteiger partial charge in [-0.05, 0) is 48.1 Å². The molecule has 3 aromatic rings. The molecule has 5 nitrogen and oxygen atoms in total. The smallest absolute Gasteiger partial charge is 0.298 e. The van der Waals surface area contributed by atoms with Gasteiger partial charge in [0.1, 0.15) is 11.8 Å². The van der Waals surface area contributed by atoms with Crippen molar-refractivity contribution in [3.05, 3.63) is 77.9 Å². The summed E-state index contributed by atoms with van der Waals surface area (Å²) in [6, 6.07) is 22.6. The molecule has 0 fully saturated rings. The summed E-state index contributed by atoms with van der Waals surface area (Å²) < 4.78 is 17.5. The van der Waals surface area contributed by atoms with Gasteiger partial charge < -0.3 is 13.8 Å². The van der Waals surface area contributed by atoms with E-state index in [9.17, 15) is 0 Å². The van der Waals surface area contributed by atoms with E-state index in [0.29, 0.717) is 19.2 Å². The molecule has 29 heavy (non-hydrogen) atoms. The van der Waals surface area contributed by atoms with E-state index < -0.39 is 6.64 Å². The van der Waals surface area contributed by atoms with Crippen LogP contribution in [-0.4, -0.2) is 19.2 Å². The fourth-order valence-electron chi connectivity index (χ4n) is 3.45. The number of nitrogens with one attached hydrogen (secondary N) is 1. The van der Waals surface area contributed by atoms with Crippen LogP contribution in [-0.2, 0) is 20.9 Å². The van der Waals surface area contributed by atoms with Crippen LogP contribution < -0.4 is 9.82 Å². The van der Waals surface area contributed by atoms with Crippen molar-refractivity contribution in [1.82, 2.24) is 5.09 Å². The predicted octanol–water partition coefficient (Wildman–Crippen LogP) is 5.56. The van der Waals surface area contributed by atoms with Crippen molar-refractivity contribution >= 4 is 35.2 Å². The molecule has 1 N–H and O–H groups in total. The lowest BCUT2D eigenvalue weighted by Crippen LogP contribution is -2.31. The SMILES string of the molecule is CCOP(=S)(NC1=NC(c2ccccc2)c2c(ccc3ccccc23)O1)OCC. The number of ether oxygens (including phenoxy) is 1. The summed E-state index contributed by atoms with van der Waals surface area (Å²) in [6.07, 6.45) is 0. The summed E-state index contributed by atoms with van der Waals surface area (Å²) in [5, 5.41) is 5.40. The van der Waals surface area contributed by atoms with Crippen molar-refractivity contribution in [3.63, 3.8) is 0 Å². The molecule has 1 aliphatic heterocycles. The lowest BCUT2D eigenvalue weighted by Gasteiger charge is -2.29. The van der Waals surface area contributed by atoms with Crippen molar-refractivity contribution in [2.75, 3.05) is 13.2 Å². The maximum absolute atomic E-state index is 6.12. The molecule has 1 aliphatic rings. The molecule has 1 unspecified atom stereocenters. The van der Waals surface area contributed by atoms with E-state index in [1.165, 1.54) is 0 Å². The van der Waals surface area contributed by atoms with E-state index in [2.05, 4.69) is 35.4 Å². The topological polar surface area (TPSA) is 52.1 Å². The second-order valence-electron chi connectivity index (χ2n) is 6.49. The van der Waals surface area contributed by atoms with Gasteiger partial charge in [0, 0.05) is 5.56 Å². The zero-order valence-corrected chi connectivity index (χ0v) is 18.1. The number of nitrogens with zero attached hydrogens (tertiary/aromatic N) is 1. The Morgan fingerprint density at radius 2 is 1.66 bits per heavy atom. The van der Waals surface area contributed by atoms with E-state index in [4.69, 9.17) is 30.6 Å². The van der Waals surface area contributed by atoms with Gasteiger partial charge in [0.05, 0.1) is 13.2 Å². The van der Waals surface area contributed by atoms with Crippen LogP contribution in [0.3, 0.4) is 0 Å². The normalized spacial score (nSPS) is 16.1. The molecular formula is C22H23N2O3PS. The van der Waals surface area contributed by atoms with Crippen LogP contribution in [0.1, 0.15) is 31.0 Å². The molecule has 0 aliphatic carbocycles. The number of amidine groups is 1. The Morgan fingerprint density at radius 1 is 0.966 bits per heavy atom. The van der Waals surface area contributed by atoms with Crippen LogP contribution in [0.15, 0.2) is 71.7 Å². The first kappa shape index (κ1) is 20.0. The quantitative estimate of drug-likeness (QED) is 0.523. The molecular weight excluding hydrogens is 403 g/mol. The van der Waals surface area contributed by atoms with Gasteiger partial charge in [-0.25, -0.2) is 4.99 Å². The molecule has 1 heterocycles. The Kier molecular flexibility index (Phi) is 5.97. The lowest BCUT2D eigenvalue weighted by molar-refractivity contribution is 0.261. The third-order valence-electron chi connectivity index (χ3n) is 4.60. The van der Waals surface area contributed by atoms with Crippen LogP contribution >= 0.6 is 6.64 Å². The third-order valence-corrected chi connectivity index (χ3v) is 7.17. The van der Waals surface area contributed by atoms with Crippen LogP contribution in [0.5, 0.6) is 5.75 Å². The fraction of sp³-hybridized carbons (Fsp3) is 0.227. The minimum Gasteiger partial charge on any atom is -0.425 e. The van der Waals surface area contributed by atoms with Crippen LogP contribution in [0, 0.1) is 0 Å². The zero-order chi connectivity index (χ0) is 20.3. The third kappa shape index (κ3) is 4.21. The summed E-state index contributed by atoms with van der Waals surface area (Å²) in [6.45, 7) is 1.93. The fourth-order valence-corrected chi connectivity index (χ4v) is 5.53. The molecule has 0 bridgehead atoms. The molecule has 0 aromatic heterocycles. The van der Waals surface area contributed by atoms with Crippen molar-refractivity contribution < 1.29 is 13.8 Å². The number of fused-ring (bicyclic) bond motifs is 3. The number of rotatable bonds is 6. The minimum atomic E-state index is -2.74. The van der Waals surface area contributed by atoms with Gasteiger partial charge >= 0.3 is 0 Å². The average molecular weight is 426 g/mol. The zero-order valence-electron chi connectivity index (χ0n) is 16.4. The molecule has 7 heteroatoms. The summed E-state index contributed by atoms with van der Waals surface area (Å²) in [7, 11) is 0. The molecule has 0 radical (unpaired) electrons. The van der Waals surface area contributed by atoms with E-state index in [1.54, 1.807) is 0 Å². The molecule has 0 saturated carbocycles. The van der Waals surface area contributed by atoms with E-state index in [0.717, 1.165) is 27.6 Å². The molecule has 150 valence electrons. The number of hydrogen-bond acceptors (Lipinski definition) is 5. The molecule has 4 rings (SSSR count). The van der Waals surface area contributed by atoms with Gasteiger partial charge in [0.2, 0.25) is 0 Å². The second-order valence-corrected chi connectivity index (χ2v) is 9.67. The molecule has 0 saturated heterocycles. The van der Waals surface area contributed by atoms with E-state index in [-0.39, 0.29) is 6.04 Å². The highest BCUT2D eigenvalue weighted by molar-refractivity contribution is 8.09. The first-order chi connectivity index (χ1) is 14.1. The average Bonchev–Trinajstić information content (AvgIpc) is 2.74. The molecule has 1 atom stereocenters. The summed E-state index contributed by atoms with van der Waals surface area (Å²) in [4.78, 5) is 4.88. The van der Waals surface area contributed by atoms with Gasteiger partial charge in [-0.15, -0.1) is 0 Å². The van der Waals surface area contributed by atoms with Crippen LogP contribution in [0.2, 0.25) is 0 Å².